The monoisotopic (exact) mass is 392 g/mol. The molecule has 2 heterocycles. The molecule has 148 valence electrons. The molecule has 7 nitrogen and oxygen atoms in total. The van der Waals surface area contributed by atoms with Crippen molar-refractivity contribution in [2.45, 2.75) is 26.2 Å². The van der Waals surface area contributed by atoms with Gasteiger partial charge in [-0.2, -0.15) is 0 Å². The third kappa shape index (κ3) is 3.29. The predicted octanol–water partition coefficient (Wildman–Crippen LogP) is 2.92. The van der Waals surface area contributed by atoms with E-state index in [4.69, 9.17) is 4.84 Å². The van der Waals surface area contributed by atoms with Crippen LogP contribution in [0.3, 0.4) is 0 Å². The highest BCUT2D eigenvalue weighted by molar-refractivity contribution is 6.21. The number of anilines is 1. The smallest absolute Gasteiger partial charge is 0.329 e. The molecule has 0 aromatic heterocycles. The Bertz CT molecular complexity index is 994. The van der Waals surface area contributed by atoms with Crippen LogP contribution in [0.5, 0.6) is 0 Å². The summed E-state index contributed by atoms with van der Waals surface area (Å²) in [5.74, 6) is -2.77. The fourth-order valence-corrected chi connectivity index (χ4v) is 3.58. The van der Waals surface area contributed by atoms with E-state index in [0.29, 0.717) is 11.0 Å². The molecule has 0 bridgehead atoms. The first-order chi connectivity index (χ1) is 13.9. The van der Waals surface area contributed by atoms with Gasteiger partial charge in [0.15, 0.2) is 0 Å². The van der Waals surface area contributed by atoms with Gasteiger partial charge in [-0.1, -0.05) is 43.2 Å². The lowest BCUT2D eigenvalue weighted by Crippen LogP contribution is -2.36. The highest BCUT2D eigenvalue weighted by Crippen LogP contribution is 2.29. The minimum Gasteiger partial charge on any atom is -0.329 e. The molecule has 4 rings (SSSR count). The first kappa shape index (κ1) is 18.9. The Morgan fingerprint density at radius 2 is 1.66 bits per heavy atom. The summed E-state index contributed by atoms with van der Waals surface area (Å²) >= 11 is 0. The maximum atomic E-state index is 12.6. The van der Waals surface area contributed by atoms with E-state index in [1.54, 1.807) is 17.0 Å². The van der Waals surface area contributed by atoms with Crippen LogP contribution >= 0.6 is 0 Å². The van der Waals surface area contributed by atoms with Crippen molar-refractivity contribution in [2.75, 3.05) is 11.4 Å². The van der Waals surface area contributed by atoms with Crippen LogP contribution in [0.25, 0.3) is 0 Å². The number of amides is 3. The van der Waals surface area contributed by atoms with Gasteiger partial charge >= 0.3 is 5.97 Å². The van der Waals surface area contributed by atoms with Gasteiger partial charge in [-0.25, -0.2) is 4.79 Å². The third-order valence-corrected chi connectivity index (χ3v) is 5.24. The molecule has 1 saturated heterocycles. The summed E-state index contributed by atoms with van der Waals surface area (Å²) < 4.78 is 0. The Kier molecular flexibility index (Phi) is 4.66. The second-order valence-corrected chi connectivity index (χ2v) is 7.52. The number of imide groups is 1. The molecule has 0 radical (unpaired) electrons. The summed E-state index contributed by atoms with van der Waals surface area (Å²) in [6.45, 7) is 4.27. The summed E-state index contributed by atoms with van der Waals surface area (Å²) in [6, 6.07) is 13.9. The summed E-state index contributed by atoms with van der Waals surface area (Å²) in [7, 11) is 0. The van der Waals surface area contributed by atoms with Crippen molar-refractivity contribution in [3.8, 4) is 0 Å². The number of nitrogens with zero attached hydrogens (tertiary/aromatic N) is 2. The van der Waals surface area contributed by atoms with E-state index in [-0.39, 0.29) is 30.0 Å². The van der Waals surface area contributed by atoms with Crippen molar-refractivity contribution in [1.82, 2.24) is 5.06 Å². The molecular formula is C22H20N2O5. The van der Waals surface area contributed by atoms with Crippen LogP contribution in [0.1, 0.15) is 52.5 Å². The zero-order valence-corrected chi connectivity index (χ0v) is 16.1. The van der Waals surface area contributed by atoms with Crippen LogP contribution in [-0.2, 0) is 14.4 Å². The van der Waals surface area contributed by atoms with Gasteiger partial charge < -0.3 is 9.74 Å². The molecule has 2 aliphatic rings. The number of hydrogen-bond acceptors (Lipinski definition) is 5. The minimum absolute atomic E-state index is 0.0338. The van der Waals surface area contributed by atoms with Gasteiger partial charge in [0.2, 0.25) is 5.91 Å². The van der Waals surface area contributed by atoms with E-state index in [1.165, 1.54) is 12.1 Å². The minimum atomic E-state index is -0.768. The summed E-state index contributed by atoms with van der Waals surface area (Å²) in [5, 5.41) is 0.486. The van der Waals surface area contributed by atoms with Gasteiger partial charge in [-0.3, -0.25) is 14.4 Å². The Morgan fingerprint density at radius 1 is 1.00 bits per heavy atom. The van der Waals surface area contributed by atoms with Crippen LogP contribution in [-0.4, -0.2) is 35.3 Å². The van der Waals surface area contributed by atoms with Crippen molar-refractivity contribution >= 4 is 29.4 Å². The molecule has 2 aromatic rings. The molecule has 1 atom stereocenters. The number of fused-ring (bicyclic) bond motifs is 1. The van der Waals surface area contributed by atoms with E-state index in [0.717, 1.165) is 11.3 Å². The first-order valence-electron chi connectivity index (χ1n) is 9.46. The summed E-state index contributed by atoms with van der Waals surface area (Å²) in [6.07, 6.45) is -0.0338. The van der Waals surface area contributed by atoms with Crippen LogP contribution in [0.4, 0.5) is 5.69 Å². The molecule has 0 aliphatic carbocycles. The number of hydrogen-bond donors (Lipinski definition) is 0. The average molecular weight is 392 g/mol. The number of carbonyl (C=O) groups is 4. The summed E-state index contributed by atoms with van der Waals surface area (Å²) in [4.78, 5) is 56.5. The Hall–Kier alpha value is -3.48. The molecule has 29 heavy (non-hydrogen) atoms. The first-order valence-corrected chi connectivity index (χ1v) is 9.46. The molecule has 0 saturated carbocycles. The topological polar surface area (TPSA) is 84.0 Å². The van der Waals surface area contributed by atoms with E-state index in [9.17, 15) is 19.2 Å². The highest BCUT2D eigenvalue weighted by atomic mass is 16.7. The Balaban J connectivity index is 1.47. The number of benzene rings is 2. The molecule has 1 fully saturated rings. The maximum absolute atomic E-state index is 12.6. The van der Waals surface area contributed by atoms with E-state index in [1.807, 2.05) is 24.3 Å². The van der Waals surface area contributed by atoms with Gasteiger partial charge in [-0.05, 0) is 35.7 Å². The van der Waals surface area contributed by atoms with Crippen molar-refractivity contribution in [3.63, 3.8) is 0 Å². The van der Waals surface area contributed by atoms with Crippen molar-refractivity contribution < 1.29 is 24.0 Å². The van der Waals surface area contributed by atoms with Crippen molar-refractivity contribution in [3.05, 3.63) is 65.2 Å². The summed E-state index contributed by atoms with van der Waals surface area (Å²) in [5.41, 5.74) is 2.20. The zero-order valence-electron chi connectivity index (χ0n) is 16.1. The van der Waals surface area contributed by atoms with Crippen LogP contribution in [0, 0.1) is 5.92 Å². The van der Waals surface area contributed by atoms with E-state index >= 15 is 0 Å². The Morgan fingerprint density at radius 3 is 2.28 bits per heavy atom. The van der Waals surface area contributed by atoms with E-state index < -0.39 is 23.7 Å². The Labute approximate surface area is 167 Å². The second kappa shape index (κ2) is 7.16. The zero-order chi connectivity index (χ0) is 20.7. The lowest BCUT2D eigenvalue weighted by Gasteiger charge is -2.19. The van der Waals surface area contributed by atoms with Gasteiger partial charge in [-0.15, -0.1) is 0 Å². The normalized spacial score (nSPS) is 18.6. The standard InChI is InChI=1S/C22H20N2O5/c1-13(2)14-6-5-7-16(10-14)23-12-15(11-19(23)25)22(28)29-24-20(26)17-8-3-4-9-18(17)21(24)27/h3-10,13,15H,11-12H2,1-2H3. The maximum Gasteiger partial charge on any atom is 0.338 e. The van der Waals surface area contributed by atoms with Gasteiger partial charge in [0, 0.05) is 18.7 Å². The molecule has 2 aromatic carbocycles. The molecule has 0 N–H and O–H groups in total. The number of rotatable bonds is 4. The quantitative estimate of drug-likeness (QED) is 0.747. The lowest BCUT2D eigenvalue weighted by atomic mass is 10.0. The fourth-order valence-electron chi connectivity index (χ4n) is 3.58. The van der Waals surface area contributed by atoms with Crippen LogP contribution < -0.4 is 4.90 Å². The second-order valence-electron chi connectivity index (χ2n) is 7.52. The lowest BCUT2D eigenvalue weighted by molar-refractivity contribution is -0.173. The average Bonchev–Trinajstić information content (AvgIpc) is 3.22. The molecular weight excluding hydrogens is 372 g/mol. The largest absolute Gasteiger partial charge is 0.338 e. The predicted molar refractivity (Wildman–Crippen MR) is 104 cm³/mol. The van der Waals surface area contributed by atoms with Gasteiger partial charge in [0.1, 0.15) is 0 Å². The third-order valence-electron chi connectivity index (χ3n) is 5.24. The van der Waals surface area contributed by atoms with Gasteiger partial charge in [0.05, 0.1) is 17.0 Å². The van der Waals surface area contributed by atoms with Crippen LogP contribution in [0.15, 0.2) is 48.5 Å². The van der Waals surface area contributed by atoms with Crippen molar-refractivity contribution in [1.29, 1.82) is 0 Å². The molecule has 1 unspecified atom stereocenters. The molecule has 2 aliphatic heterocycles. The highest BCUT2D eigenvalue weighted by Gasteiger charge is 2.42. The fraction of sp³-hybridized carbons (Fsp3) is 0.273. The SMILES string of the molecule is CC(C)c1cccc(N2CC(C(=O)ON3C(=O)c4ccccc4C3=O)CC2=O)c1. The molecule has 3 amide bonds. The number of hydroxylamine groups is 2. The van der Waals surface area contributed by atoms with Crippen LogP contribution in [0.2, 0.25) is 0 Å². The van der Waals surface area contributed by atoms with Crippen molar-refractivity contribution in [2.24, 2.45) is 5.92 Å². The van der Waals surface area contributed by atoms with E-state index in [2.05, 4.69) is 13.8 Å². The van der Waals surface area contributed by atoms with Gasteiger partial charge in [0.25, 0.3) is 11.8 Å². The number of carbonyl (C=O) groups excluding carboxylic acids is 4. The molecule has 7 heteroatoms. The molecule has 0 spiro atoms.